The van der Waals surface area contributed by atoms with Crippen molar-refractivity contribution in [2.24, 2.45) is 4.99 Å². The van der Waals surface area contributed by atoms with Gasteiger partial charge in [-0.15, -0.1) is 0 Å². The van der Waals surface area contributed by atoms with Gasteiger partial charge >= 0.3 is 5.97 Å². The van der Waals surface area contributed by atoms with Gasteiger partial charge in [-0.2, -0.15) is 0 Å². The van der Waals surface area contributed by atoms with Crippen molar-refractivity contribution in [2.45, 2.75) is 0 Å². The molecule has 0 saturated heterocycles. The number of cyclic esters (lactones) is 1. The van der Waals surface area contributed by atoms with Gasteiger partial charge in [0.25, 0.3) is 0 Å². The molecule has 2 aromatic rings. The maximum absolute atomic E-state index is 12.2. The van der Waals surface area contributed by atoms with E-state index >= 15 is 0 Å². The smallest absolute Gasteiger partial charge is 0.363 e. The van der Waals surface area contributed by atoms with Gasteiger partial charge in [0.15, 0.2) is 5.70 Å². The van der Waals surface area contributed by atoms with Gasteiger partial charge in [0, 0.05) is 11.1 Å². The van der Waals surface area contributed by atoms with Gasteiger partial charge < -0.3 is 18.9 Å². The summed E-state index contributed by atoms with van der Waals surface area (Å²) in [4.78, 5) is 16.5. The van der Waals surface area contributed by atoms with E-state index < -0.39 is 5.97 Å². The number of esters is 1. The molecule has 0 aromatic heterocycles. The van der Waals surface area contributed by atoms with E-state index in [9.17, 15) is 4.79 Å². The van der Waals surface area contributed by atoms with Gasteiger partial charge in [-0.25, -0.2) is 9.79 Å². The average molecular weight is 418 g/mol. The fourth-order valence-corrected chi connectivity index (χ4v) is 2.97. The van der Waals surface area contributed by atoms with E-state index in [2.05, 4.69) is 20.9 Å². The summed E-state index contributed by atoms with van der Waals surface area (Å²) in [6, 6.07) is 10.6. The highest BCUT2D eigenvalue weighted by Crippen LogP contribution is 2.30. The molecule has 0 fully saturated rings. The summed E-state index contributed by atoms with van der Waals surface area (Å²) < 4.78 is 21.8. The number of carbonyl (C=O) groups is 1. The largest absolute Gasteiger partial charge is 0.497 e. The lowest BCUT2D eigenvalue weighted by atomic mass is 10.1. The normalized spacial score (nSPS) is 14.8. The van der Waals surface area contributed by atoms with E-state index in [-0.39, 0.29) is 11.6 Å². The second kappa shape index (κ2) is 7.61. The molecular weight excluding hydrogens is 402 g/mol. The van der Waals surface area contributed by atoms with Crippen LogP contribution in [0, 0.1) is 0 Å². The molecule has 0 N–H and O–H groups in total. The first-order valence-corrected chi connectivity index (χ1v) is 8.43. The molecule has 0 aliphatic carbocycles. The van der Waals surface area contributed by atoms with Gasteiger partial charge in [0.2, 0.25) is 5.90 Å². The summed E-state index contributed by atoms with van der Waals surface area (Å²) in [6.45, 7) is 0. The third kappa shape index (κ3) is 3.57. The van der Waals surface area contributed by atoms with Crippen LogP contribution in [0.3, 0.4) is 0 Å². The zero-order chi connectivity index (χ0) is 18.7. The first-order valence-electron chi connectivity index (χ1n) is 7.64. The number of hydrogen-bond donors (Lipinski definition) is 0. The van der Waals surface area contributed by atoms with E-state index in [1.807, 2.05) is 0 Å². The van der Waals surface area contributed by atoms with Crippen molar-refractivity contribution in [3.8, 4) is 17.2 Å². The number of methoxy groups -OCH3 is 3. The molecule has 0 saturated carbocycles. The Hall–Kier alpha value is -2.80. The standard InChI is InChI=1S/C19H16BrNO5/c1-23-13-5-7-16(24-2)12(8-13)10-15-19(22)26-18(21-15)11-4-6-17(25-3)14(20)9-11/h4-10H,1-3H3. The van der Waals surface area contributed by atoms with Crippen LogP contribution in [0.4, 0.5) is 0 Å². The first-order chi connectivity index (χ1) is 12.5. The molecule has 7 heteroatoms. The van der Waals surface area contributed by atoms with E-state index in [0.717, 1.165) is 4.47 Å². The van der Waals surface area contributed by atoms with Crippen LogP contribution >= 0.6 is 15.9 Å². The Morgan fingerprint density at radius 3 is 2.38 bits per heavy atom. The summed E-state index contributed by atoms with van der Waals surface area (Å²) in [5.74, 6) is 1.62. The maximum atomic E-state index is 12.2. The number of rotatable bonds is 5. The lowest BCUT2D eigenvalue weighted by Gasteiger charge is -2.07. The number of carbonyl (C=O) groups excluding carboxylic acids is 1. The van der Waals surface area contributed by atoms with Crippen molar-refractivity contribution in [2.75, 3.05) is 21.3 Å². The molecule has 134 valence electrons. The van der Waals surface area contributed by atoms with Gasteiger partial charge in [0.05, 0.1) is 25.8 Å². The van der Waals surface area contributed by atoms with Crippen molar-refractivity contribution in [1.82, 2.24) is 0 Å². The number of ether oxygens (including phenoxy) is 4. The zero-order valence-corrected chi connectivity index (χ0v) is 16.0. The predicted molar refractivity (Wildman–Crippen MR) is 101 cm³/mol. The van der Waals surface area contributed by atoms with Crippen LogP contribution in [0.5, 0.6) is 17.2 Å². The highest BCUT2D eigenvalue weighted by Gasteiger charge is 2.25. The Morgan fingerprint density at radius 1 is 1.00 bits per heavy atom. The van der Waals surface area contributed by atoms with E-state index in [1.54, 1.807) is 63.8 Å². The summed E-state index contributed by atoms with van der Waals surface area (Å²) in [6.07, 6.45) is 1.61. The molecule has 26 heavy (non-hydrogen) atoms. The summed E-state index contributed by atoms with van der Waals surface area (Å²) in [5, 5.41) is 0. The van der Waals surface area contributed by atoms with Crippen molar-refractivity contribution in [3.63, 3.8) is 0 Å². The number of nitrogens with zero attached hydrogens (tertiary/aromatic N) is 1. The van der Waals surface area contributed by atoms with Crippen molar-refractivity contribution >= 4 is 33.9 Å². The van der Waals surface area contributed by atoms with Crippen LogP contribution in [-0.4, -0.2) is 33.2 Å². The van der Waals surface area contributed by atoms with Gasteiger partial charge in [0.1, 0.15) is 17.2 Å². The lowest BCUT2D eigenvalue weighted by Crippen LogP contribution is -2.05. The van der Waals surface area contributed by atoms with Crippen LogP contribution in [-0.2, 0) is 9.53 Å². The van der Waals surface area contributed by atoms with E-state index in [1.165, 1.54) is 0 Å². The van der Waals surface area contributed by atoms with Crippen LogP contribution in [0.15, 0.2) is 51.6 Å². The van der Waals surface area contributed by atoms with E-state index in [0.29, 0.717) is 28.4 Å². The molecule has 0 unspecified atom stereocenters. The number of halogens is 1. The van der Waals surface area contributed by atoms with Crippen LogP contribution in [0.1, 0.15) is 11.1 Å². The SMILES string of the molecule is COc1ccc(OC)c(C=C2N=C(c3ccc(OC)c(Br)c3)OC2=O)c1. The summed E-state index contributed by atoms with van der Waals surface area (Å²) in [7, 11) is 4.70. The highest BCUT2D eigenvalue weighted by atomic mass is 79.9. The van der Waals surface area contributed by atoms with Crippen molar-refractivity contribution in [3.05, 3.63) is 57.7 Å². The van der Waals surface area contributed by atoms with Gasteiger partial charge in [-0.05, 0) is 58.4 Å². The molecule has 1 aliphatic rings. The second-order valence-electron chi connectivity index (χ2n) is 5.29. The molecule has 0 amide bonds. The minimum atomic E-state index is -0.531. The highest BCUT2D eigenvalue weighted by molar-refractivity contribution is 9.10. The minimum Gasteiger partial charge on any atom is -0.497 e. The lowest BCUT2D eigenvalue weighted by molar-refractivity contribution is -0.129. The predicted octanol–water partition coefficient (Wildman–Crippen LogP) is 3.82. The average Bonchev–Trinajstić information content (AvgIpc) is 3.02. The Morgan fingerprint density at radius 2 is 1.73 bits per heavy atom. The fraction of sp³-hybridized carbons (Fsp3) is 0.158. The summed E-state index contributed by atoms with van der Waals surface area (Å²) in [5.41, 5.74) is 1.50. The molecule has 2 aromatic carbocycles. The van der Waals surface area contributed by atoms with Crippen molar-refractivity contribution in [1.29, 1.82) is 0 Å². The van der Waals surface area contributed by atoms with Crippen LogP contribution < -0.4 is 14.2 Å². The van der Waals surface area contributed by atoms with Gasteiger partial charge in [-0.3, -0.25) is 0 Å². The molecular formula is C19H16BrNO5. The topological polar surface area (TPSA) is 66.3 Å². The fourth-order valence-electron chi connectivity index (χ4n) is 2.43. The third-order valence-corrected chi connectivity index (χ3v) is 4.37. The van der Waals surface area contributed by atoms with Crippen LogP contribution in [0.25, 0.3) is 6.08 Å². The van der Waals surface area contributed by atoms with Gasteiger partial charge in [-0.1, -0.05) is 0 Å². The number of benzene rings is 2. The molecule has 3 rings (SSSR count). The molecule has 6 nitrogen and oxygen atoms in total. The Balaban J connectivity index is 1.98. The third-order valence-electron chi connectivity index (χ3n) is 3.75. The first kappa shape index (κ1) is 18.0. The summed E-state index contributed by atoms with van der Waals surface area (Å²) >= 11 is 3.41. The molecule has 0 bridgehead atoms. The van der Waals surface area contributed by atoms with E-state index in [4.69, 9.17) is 18.9 Å². The van der Waals surface area contributed by atoms with Crippen LogP contribution in [0.2, 0.25) is 0 Å². The monoisotopic (exact) mass is 417 g/mol. The molecule has 1 heterocycles. The Labute approximate surface area is 159 Å². The zero-order valence-electron chi connectivity index (χ0n) is 14.4. The Bertz CT molecular complexity index is 920. The number of aliphatic imine (C=N–C) groups is 1. The molecule has 1 aliphatic heterocycles. The second-order valence-corrected chi connectivity index (χ2v) is 6.15. The molecule has 0 spiro atoms. The Kier molecular flexibility index (Phi) is 5.27. The quantitative estimate of drug-likeness (QED) is 0.546. The number of hydrogen-bond acceptors (Lipinski definition) is 6. The van der Waals surface area contributed by atoms with Crippen molar-refractivity contribution < 1.29 is 23.7 Å². The minimum absolute atomic E-state index is 0.179. The molecule has 0 atom stereocenters. The maximum Gasteiger partial charge on any atom is 0.363 e. The molecule has 0 radical (unpaired) electrons.